The summed E-state index contributed by atoms with van der Waals surface area (Å²) in [5.74, 6) is 0.283. The molecule has 9 heteroatoms. The Morgan fingerprint density at radius 2 is 2.09 bits per heavy atom. The van der Waals surface area contributed by atoms with Crippen LogP contribution < -0.4 is 14.9 Å². The highest BCUT2D eigenvalue weighted by atomic mass is 16.6. The van der Waals surface area contributed by atoms with E-state index in [1.165, 1.54) is 12.1 Å². The Labute approximate surface area is 129 Å². The van der Waals surface area contributed by atoms with E-state index in [9.17, 15) is 14.9 Å². The lowest BCUT2D eigenvalue weighted by molar-refractivity contribution is -0.402. The van der Waals surface area contributed by atoms with E-state index in [0.29, 0.717) is 11.5 Å². The Morgan fingerprint density at radius 1 is 1.30 bits per heavy atom. The van der Waals surface area contributed by atoms with Gasteiger partial charge in [0.25, 0.3) is 5.91 Å². The van der Waals surface area contributed by atoms with Crippen LogP contribution in [0.4, 0.5) is 5.88 Å². The third-order valence-electron chi connectivity index (χ3n) is 2.96. The van der Waals surface area contributed by atoms with Crippen molar-refractivity contribution in [1.82, 2.24) is 5.43 Å². The SMILES string of the molecule is O=C(N/N=C\c1ccc([N+](=O)[O-])o1)C1COc2ccccc2O1. The molecule has 0 saturated heterocycles. The van der Waals surface area contributed by atoms with Gasteiger partial charge in [0.15, 0.2) is 17.3 Å². The number of fused-ring (bicyclic) bond motifs is 1. The number of carbonyl (C=O) groups is 1. The number of nitrogens with one attached hydrogen (secondary N) is 1. The fourth-order valence-corrected chi connectivity index (χ4v) is 1.89. The highest BCUT2D eigenvalue weighted by molar-refractivity contribution is 5.84. The molecule has 2 aromatic rings. The molecule has 118 valence electrons. The maximum absolute atomic E-state index is 11.9. The highest BCUT2D eigenvalue weighted by Crippen LogP contribution is 2.30. The van der Waals surface area contributed by atoms with E-state index in [1.807, 2.05) is 0 Å². The number of benzene rings is 1. The quantitative estimate of drug-likeness (QED) is 0.518. The number of hydrazone groups is 1. The first-order valence-electron chi connectivity index (χ1n) is 6.59. The van der Waals surface area contributed by atoms with Crippen LogP contribution in [0.3, 0.4) is 0 Å². The zero-order valence-corrected chi connectivity index (χ0v) is 11.7. The monoisotopic (exact) mass is 317 g/mol. The number of amides is 1. The van der Waals surface area contributed by atoms with Gasteiger partial charge in [0, 0.05) is 0 Å². The Hall–Kier alpha value is -3.36. The molecule has 1 aromatic carbocycles. The first kappa shape index (κ1) is 14.6. The lowest BCUT2D eigenvalue weighted by Crippen LogP contribution is -2.42. The van der Waals surface area contributed by atoms with E-state index in [4.69, 9.17) is 13.9 Å². The van der Waals surface area contributed by atoms with Crippen molar-refractivity contribution in [3.8, 4) is 11.5 Å². The number of nitrogens with zero attached hydrogens (tertiary/aromatic N) is 2. The summed E-state index contributed by atoms with van der Waals surface area (Å²) in [6, 6.07) is 9.56. The minimum atomic E-state index is -0.840. The molecule has 1 amide bonds. The molecule has 0 aliphatic carbocycles. The van der Waals surface area contributed by atoms with Gasteiger partial charge in [-0.2, -0.15) is 5.10 Å². The van der Waals surface area contributed by atoms with Crippen molar-refractivity contribution in [1.29, 1.82) is 0 Å². The molecule has 1 aliphatic rings. The fourth-order valence-electron chi connectivity index (χ4n) is 1.89. The zero-order chi connectivity index (χ0) is 16.2. The van der Waals surface area contributed by atoms with Crippen molar-refractivity contribution in [2.45, 2.75) is 6.10 Å². The first-order chi connectivity index (χ1) is 11.1. The summed E-state index contributed by atoms with van der Waals surface area (Å²) in [6.07, 6.45) is 0.315. The van der Waals surface area contributed by atoms with Crippen LogP contribution in [0.25, 0.3) is 0 Å². The molecule has 1 unspecified atom stereocenters. The first-order valence-corrected chi connectivity index (χ1v) is 6.59. The predicted octanol–water partition coefficient (Wildman–Crippen LogP) is 1.48. The summed E-state index contributed by atoms with van der Waals surface area (Å²) < 4.78 is 15.8. The largest absolute Gasteiger partial charge is 0.485 e. The van der Waals surface area contributed by atoms with Crippen LogP contribution >= 0.6 is 0 Å². The number of hydrogen-bond donors (Lipinski definition) is 1. The minimum absolute atomic E-state index is 0.0601. The van der Waals surface area contributed by atoms with Gasteiger partial charge in [-0.3, -0.25) is 14.9 Å². The van der Waals surface area contributed by atoms with Crippen molar-refractivity contribution < 1.29 is 23.6 Å². The average molecular weight is 317 g/mol. The standard InChI is InChI=1S/C14H11N3O6/c18-14(12-8-21-10-3-1-2-4-11(10)23-12)16-15-7-9-5-6-13(22-9)17(19)20/h1-7,12H,8H2,(H,16,18)/b15-7-. The maximum atomic E-state index is 11.9. The van der Waals surface area contributed by atoms with Crippen molar-refractivity contribution in [3.63, 3.8) is 0 Å². The molecule has 1 aliphatic heterocycles. The van der Waals surface area contributed by atoms with E-state index >= 15 is 0 Å². The average Bonchev–Trinajstić information content (AvgIpc) is 3.03. The minimum Gasteiger partial charge on any atom is -0.485 e. The van der Waals surface area contributed by atoms with E-state index in [-0.39, 0.29) is 12.4 Å². The van der Waals surface area contributed by atoms with Crippen LogP contribution in [0.5, 0.6) is 11.5 Å². The van der Waals surface area contributed by atoms with Crippen LogP contribution in [0, 0.1) is 10.1 Å². The number of nitro groups is 1. The predicted molar refractivity (Wildman–Crippen MR) is 77.5 cm³/mol. The molecule has 1 atom stereocenters. The van der Waals surface area contributed by atoms with Crippen LogP contribution in [-0.4, -0.2) is 29.8 Å². The van der Waals surface area contributed by atoms with Crippen molar-refractivity contribution >= 4 is 18.0 Å². The Bertz CT molecular complexity index is 769. The lowest BCUT2D eigenvalue weighted by Gasteiger charge is -2.24. The molecule has 1 N–H and O–H groups in total. The fraction of sp³-hybridized carbons (Fsp3) is 0.143. The number of para-hydroxylation sites is 2. The molecule has 0 radical (unpaired) electrons. The molecule has 0 spiro atoms. The maximum Gasteiger partial charge on any atom is 0.433 e. The molecule has 3 rings (SSSR count). The van der Waals surface area contributed by atoms with Gasteiger partial charge in [0.2, 0.25) is 6.10 Å². The topological polar surface area (TPSA) is 116 Å². The molecule has 0 bridgehead atoms. The Morgan fingerprint density at radius 3 is 2.83 bits per heavy atom. The normalized spacial score (nSPS) is 16.3. The molecule has 1 aromatic heterocycles. The smallest absolute Gasteiger partial charge is 0.433 e. The molecular formula is C14H11N3O6. The van der Waals surface area contributed by atoms with E-state index in [0.717, 1.165) is 6.21 Å². The van der Waals surface area contributed by atoms with E-state index in [1.54, 1.807) is 24.3 Å². The molecule has 0 fully saturated rings. The second-order valence-electron chi connectivity index (χ2n) is 4.53. The summed E-state index contributed by atoms with van der Waals surface area (Å²) in [7, 11) is 0. The van der Waals surface area contributed by atoms with Gasteiger partial charge in [-0.15, -0.1) is 0 Å². The molecule has 9 nitrogen and oxygen atoms in total. The van der Waals surface area contributed by atoms with E-state index < -0.39 is 22.8 Å². The number of rotatable bonds is 4. The summed E-state index contributed by atoms with van der Waals surface area (Å²) in [5.41, 5.74) is 2.27. The molecule has 23 heavy (non-hydrogen) atoms. The summed E-state index contributed by atoms with van der Waals surface area (Å²) in [6.45, 7) is 0.0601. The van der Waals surface area contributed by atoms with Gasteiger partial charge in [-0.05, 0) is 18.2 Å². The third-order valence-corrected chi connectivity index (χ3v) is 2.96. The molecule has 0 saturated carbocycles. The van der Waals surface area contributed by atoms with Crippen molar-refractivity contribution in [3.05, 3.63) is 52.3 Å². The van der Waals surface area contributed by atoms with Crippen LogP contribution in [0.15, 0.2) is 45.9 Å². The number of furan rings is 1. The van der Waals surface area contributed by atoms with Crippen LogP contribution in [-0.2, 0) is 4.79 Å². The number of ether oxygens (including phenoxy) is 2. The van der Waals surface area contributed by atoms with E-state index in [2.05, 4.69) is 10.5 Å². The van der Waals surface area contributed by atoms with Crippen molar-refractivity contribution in [2.75, 3.05) is 6.61 Å². The summed E-state index contributed by atoms with van der Waals surface area (Å²) in [5, 5.41) is 14.1. The van der Waals surface area contributed by atoms with Gasteiger partial charge in [-0.25, -0.2) is 5.43 Å². The molecular weight excluding hydrogens is 306 g/mol. The highest BCUT2D eigenvalue weighted by Gasteiger charge is 2.27. The van der Waals surface area contributed by atoms with Gasteiger partial charge < -0.3 is 13.9 Å². The van der Waals surface area contributed by atoms with Gasteiger partial charge in [0.1, 0.15) is 11.5 Å². The Balaban J connectivity index is 1.57. The second-order valence-corrected chi connectivity index (χ2v) is 4.53. The van der Waals surface area contributed by atoms with Gasteiger partial charge in [0.05, 0.1) is 12.3 Å². The third kappa shape index (κ3) is 3.28. The number of hydrogen-bond acceptors (Lipinski definition) is 7. The Kier molecular flexibility index (Phi) is 3.91. The van der Waals surface area contributed by atoms with Gasteiger partial charge in [-0.1, -0.05) is 12.1 Å². The van der Waals surface area contributed by atoms with Crippen LogP contribution in [0.1, 0.15) is 5.76 Å². The van der Waals surface area contributed by atoms with Crippen molar-refractivity contribution in [2.24, 2.45) is 5.10 Å². The molecule has 2 heterocycles. The zero-order valence-electron chi connectivity index (χ0n) is 11.7. The lowest BCUT2D eigenvalue weighted by atomic mass is 10.2. The second kappa shape index (κ2) is 6.18. The summed E-state index contributed by atoms with van der Waals surface area (Å²) in [4.78, 5) is 21.7. The van der Waals surface area contributed by atoms with Gasteiger partial charge >= 0.3 is 5.88 Å². The summed E-state index contributed by atoms with van der Waals surface area (Å²) >= 11 is 0. The number of carbonyl (C=O) groups excluding carboxylic acids is 1. The van der Waals surface area contributed by atoms with Crippen LogP contribution in [0.2, 0.25) is 0 Å².